The van der Waals surface area contributed by atoms with E-state index in [0.717, 1.165) is 6.42 Å². The number of esters is 1. The van der Waals surface area contributed by atoms with Gasteiger partial charge in [0.05, 0.1) is 6.61 Å². The molecule has 16 heavy (non-hydrogen) atoms. The van der Waals surface area contributed by atoms with Gasteiger partial charge in [0.25, 0.3) is 0 Å². The summed E-state index contributed by atoms with van der Waals surface area (Å²) in [5, 5.41) is 3.46. The van der Waals surface area contributed by atoms with Gasteiger partial charge in [0.2, 0.25) is 0 Å². The average molecular weight is 227 g/mol. The maximum Gasteiger partial charge on any atom is 0.323 e. The monoisotopic (exact) mass is 227 g/mol. The molecule has 0 aromatic heterocycles. The summed E-state index contributed by atoms with van der Waals surface area (Å²) in [6, 6.07) is 0.413. The highest BCUT2D eigenvalue weighted by molar-refractivity contribution is 5.75. The number of nitrogens with one attached hydrogen (secondary N) is 1. The summed E-state index contributed by atoms with van der Waals surface area (Å²) in [5.41, 5.74) is 0. The van der Waals surface area contributed by atoms with Crippen molar-refractivity contribution in [2.45, 2.75) is 65.0 Å². The van der Waals surface area contributed by atoms with E-state index in [1.165, 1.54) is 25.7 Å². The summed E-state index contributed by atoms with van der Waals surface area (Å²) in [7, 11) is 0. The van der Waals surface area contributed by atoms with Gasteiger partial charge in [0, 0.05) is 6.04 Å². The maximum absolute atomic E-state index is 11.8. The molecule has 0 saturated heterocycles. The van der Waals surface area contributed by atoms with Crippen LogP contribution in [-0.2, 0) is 9.53 Å². The lowest BCUT2D eigenvalue weighted by molar-refractivity contribution is -0.146. The minimum Gasteiger partial charge on any atom is -0.465 e. The van der Waals surface area contributed by atoms with E-state index in [0.29, 0.717) is 18.6 Å². The first-order valence-electron chi connectivity index (χ1n) is 6.56. The average Bonchev–Trinajstić information content (AvgIpc) is 2.69. The van der Waals surface area contributed by atoms with E-state index in [1.54, 1.807) is 0 Å². The van der Waals surface area contributed by atoms with Crippen molar-refractivity contribution in [3.05, 3.63) is 0 Å². The zero-order valence-electron chi connectivity index (χ0n) is 10.8. The Morgan fingerprint density at radius 1 is 1.38 bits per heavy atom. The van der Waals surface area contributed by atoms with Crippen molar-refractivity contribution < 1.29 is 9.53 Å². The van der Waals surface area contributed by atoms with E-state index in [4.69, 9.17) is 4.74 Å². The molecule has 1 atom stereocenters. The van der Waals surface area contributed by atoms with Gasteiger partial charge in [0.15, 0.2) is 0 Å². The molecule has 0 spiro atoms. The van der Waals surface area contributed by atoms with Crippen molar-refractivity contribution in [1.82, 2.24) is 5.32 Å². The first kappa shape index (κ1) is 13.5. The molecule has 1 aliphatic rings. The molecule has 0 heterocycles. The molecular formula is C13H25NO2. The van der Waals surface area contributed by atoms with Crippen molar-refractivity contribution in [2.24, 2.45) is 5.92 Å². The van der Waals surface area contributed by atoms with E-state index in [-0.39, 0.29) is 12.0 Å². The Bertz CT molecular complexity index is 210. The Kier molecular flexibility index (Phi) is 5.81. The van der Waals surface area contributed by atoms with Gasteiger partial charge in [-0.25, -0.2) is 0 Å². The summed E-state index contributed by atoms with van der Waals surface area (Å²) in [6.45, 7) is 6.62. The van der Waals surface area contributed by atoms with Crippen LogP contribution in [0.5, 0.6) is 0 Å². The fraction of sp³-hybridized carbons (Fsp3) is 0.923. The molecule has 3 heteroatoms. The van der Waals surface area contributed by atoms with E-state index in [1.807, 2.05) is 6.92 Å². The molecule has 94 valence electrons. The maximum atomic E-state index is 11.8. The second-order valence-electron chi connectivity index (χ2n) is 5.08. The highest BCUT2D eigenvalue weighted by atomic mass is 16.5. The lowest BCUT2D eigenvalue weighted by Crippen LogP contribution is -2.44. The highest BCUT2D eigenvalue weighted by Gasteiger charge is 2.25. The molecule has 1 fully saturated rings. The summed E-state index contributed by atoms with van der Waals surface area (Å²) < 4.78 is 5.11. The third-order valence-corrected chi connectivity index (χ3v) is 3.07. The molecule has 0 aromatic carbocycles. The third-order valence-electron chi connectivity index (χ3n) is 3.07. The number of ether oxygens (including phenoxy) is 1. The zero-order valence-corrected chi connectivity index (χ0v) is 10.8. The Hall–Kier alpha value is -0.570. The number of hydrogen-bond donors (Lipinski definition) is 1. The lowest BCUT2D eigenvalue weighted by atomic mass is 10.0. The first-order chi connectivity index (χ1) is 7.63. The van der Waals surface area contributed by atoms with Gasteiger partial charge >= 0.3 is 5.97 Å². The smallest absolute Gasteiger partial charge is 0.323 e. The molecule has 1 unspecified atom stereocenters. The first-order valence-corrected chi connectivity index (χ1v) is 6.56. The van der Waals surface area contributed by atoms with Crippen molar-refractivity contribution in [1.29, 1.82) is 0 Å². The third kappa shape index (κ3) is 4.52. The van der Waals surface area contributed by atoms with Crippen molar-refractivity contribution in [2.75, 3.05) is 6.61 Å². The molecule has 0 radical (unpaired) electrons. The van der Waals surface area contributed by atoms with Crippen LogP contribution in [0.25, 0.3) is 0 Å². The number of hydrogen-bond acceptors (Lipinski definition) is 3. The Morgan fingerprint density at radius 3 is 2.50 bits per heavy atom. The Labute approximate surface area is 98.9 Å². The minimum absolute atomic E-state index is 0.0805. The van der Waals surface area contributed by atoms with E-state index < -0.39 is 0 Å². The normalized spacial score (nSPS) is 19.0. The fourth-order valence-electron chi connectivity index (χ4n) is 2.32. The van der Waals surface area contributed by atoms with Gasteiger partial charge < -0.3 is 10.1 Å². The molecule has 1 aliphatic carbocycles. The molecule has 0 bridgehead atoms. The largest absolute Gasteiger partial charge is 0.465 e. The van der Waals surface area contributed by atoms with E-state index >= 15 is 0 Å². The number of carbonyl (C=O) groups excluding carboxylic acids is 1. The summed E-state index contributed by atoms with van der Waals surface area (Å²) in [5.74, 6) is 0.436. The quantitative estimate of drug-likeness (QED) is 0.708. The van der Waals surface area contributed by atoms with Crippen molar-refractivity contribution >= 4 is 5.97 Å². The van der Waals surface area contributed by atoms with Crippen LogP contribution >= 0.6 is 0 Å². The minimum atomic E-state index is -0.108. The lowest BCUT2D eigenvalue weighted by Gasteiger charge is -2.22. The van der Waals surface area contributed by atoms with Crippen LogP contribution in [0, 0.1) is 5.92 Å². The van der Waals surface area contributed by atoms with Crippen molar-refractivity contribution in [3.63, 3.8) is 0 Å². The molecule has 0 aliphatic heterocycles. The van der Waals surface area contributed by atoms with Crippen LogP contribution in [0.1, 0.15) is 52.9 Å². The zero-order chi connectivity index (χ0) is 12.0. The Balaban J connectivity index is 2.44. The molecule has 1 rings (SSSR count). The topological polar surface area (TPSA) is 38.3 Å². The highest BCUT2D eigenvalue weighted by Crippen LogP contribution is 2.19. The second-order valence-corrected chi connectivity index (χ2v) is 5.08. The predicted octanol–water partition coefficient (Wildman–Crippen LogP) is 2.50. The number of rotatable bonds is 6. The van der Waals surface area contributed by atoms with Crippen LogP contribution < -0.4 is 5.32 Å². The van der Waals surface area contributed by atoms with Gasteiger partial charge in [-0.15, -0.1) is 0 Å². The molecule has 0 amide bonds. The molecule has 3 nitrogen and oxygen atoms in total. The van der Waals surface area contributed by atoms with Crippen LogP contribution in [0.15, 0.2) is 0 Å². The Morgan fingerprint density at radius 2 is 2.00 bits per heavy atom. The molecule has 1 N–H and O–H groups in total. The van der Waals surface area contributed by atoms with E-state index in [2.05, 4.69) is 19.2 Å². The van der Waals surface area contributed by atoms with Gasteiger partial charge in [-0.2, -0.15) is 0 Å². The second kappa shape index (κ2) is 6.89. The molecule has 1 saturated carbocycles. The van der Waals surface area contributed by atoms with Crippen molar-refractivity contribution in [3.8, 4) is 0 Å². The number of carbonyl (C=O) groups is 1. The summed E-state index contributed by atoms with van der Waals surface area (Å²) >= 11 is 0. The molecule has 0 aromatic rings. The van der Waals surface area contributed by atoms with Gasteiger partial charge in [0.1, 0.15) is 6.04 Å². The van der Waals surface area contributed by atoms with Crippen LogP contribution in [0.2, 0.25) is 0 Å². The van der Waals surface area contributed by atoms with Crippen LogP contribution in [-0.4, -0.2) is 24.7 Å². The van der Waals surface area contributed by atoms with Gasteiger partial charge in [-0.3, -0.25) is 4.79 Å². The summed E-state index contributed by atoms with van der Waals surface area (Å²) in [6.07, 6.45) is 5.85. The van der Waals surface area contributed by atoms with Crippen LogP contribution in [0.3, 0.4) is 0 Å². The van der Waals surface area contributed by atoms with Gasteiger partial charge in [-0.05, 0) is 32.1 Å². The standard InChI is InChI=1S/C13H25NO2/c1-4-16-13(15)12(9-10(2)3)14-11-7-5-6-8-11/h10-12,14H,4-9H2,1-3H3. The fourth-order valence-corrected chi connectivity index (χ4v) is 2.32. The predicted molar refractivity (Wildman–Crippen MR) is 65.3 cm³/mol. The van der Waals surface area contributed by atoms with Crippen LogP contribution in [0.4, 0.5) is 0 Å². The summed E-state index contributed by atoms with van der Waals surface area (Å²) in [4.78, 5) is 11.8. The van der Waals surface area contributed by atoms with Gasteiger partial charge in [-0.1, -0.05) is 26.7 Å². The van der Waals surface area contributed by atoms with E-state index in [9.17, 15) is 4.79 Å². The molecular weight excluding hydrogens is 202 g/mol. The SMILES string of the molecule is CCOC(=O)C(CC(C)C)NC1CCCC1.